The fourth-order valence-electron chi connectivity index (χ4n) is 3.86. The highest BCUT2D eigenvalue weighted by Crippen LogP contribution is 2.32. The van der Waals surface area contributed by atoms with Crippen molar-refractivity contribution in [2.75, 3.05) is 22.5 Å². The van der Waals surface area contributed by atoms with Crippen LogP contribution in [-0.4, -0.2) is 32.5 Å². The van der Waals surface area contributed by atoms with E-state index in [0.717, 1.165) is 18.9 Å². The van der Waals surface area contributed by atoms with Gasteiger partial charge in [0, 0.05) is 17.9 Å². The van der Waals surface area contributed by atoms with Crippen LogP contribution in [0.4, 0.5) is 15.8 Å². The summed E-state index contributed by atoms with van der Waals surface area (Å²) in [5.74, 6) is -1.15. The van der Waals surface area contributed by atoms with Gasteiger partial charge in [0.15, 0.2) is 9.84 Å². The molecule has 0 radical (unpaired) electrons. The Labute approximate surface area is 204 Å². The Balaban J connectivity index is 1.39. The lowest BCUT2D eigenvalue weighted by Crippen LogP contribution is -2.31. The standard InChI is InChI=1S/C27H27FN2O4S/c1-2-30(22-6-4-3-5-7-22)27(32)24-15-12-21(17-25(24)28)29-26(31)16-19-10-13-23(14-11-19)35(33,34)18-20-8-9-20/h3-7,10-15,17,20H,2,8-9,16,18H2,1H3,(H,29,31). The van der Waals surface area contributed by atoms with Gasteiger partial charge in [0.2, 0.25) is 5.91 Å². The monoisotopic (exact) mass is 494 g/mol. The van der Waals surface area contributed by atoms with E-state index in [1.54, 1.807) is 36.4 Å². The van der Waals surface area contributed by atoms with Gasteiger partial charge in [-0.1, -0.05) is 30.3 Å². The summed E-state index contributed by atoms with van der Waals surface area (Å²) in [5.41, 5.74) is 1.46. The molecule has 1 aliphatic rings. The molecule has 3 aromatic rings. The van der Waals surface area contributed by atoms with Gasteiger partial charge < -0.3 is 10.2 Å². The van der Waals surface area contributed by atoms with Crippen molar-refractivity contribution in [1.29, 1.82) is 0 Å². The fraction of sp³-hybridized carbons (Fsp3) is 0.259. The van der Waals surface area contributed by atoms with Crippen molar-refractivity contribution in [1.82, 2.24) is 0 Å². The van der Waals surface area contributed by atoms with Gasteiger partial charge >= 0.3 is 0 Å². The number of hydrogen-bond donors (Lipinski definition) is 1. The molecule has 0 aliphatic heterocycles. The second-order valence-corrected chi connectivity index (χ2v) is 10.7. The first-order valence-corrected chi connectivity index (χ1v) is 13.2. The van der Waals surface area contributed by atoms with Crippen LogP contribution in [0.1, 0.15) is 35.7 Å². The van der Waals surface area contributed by atoms with E-state index in [1.807, 2.05) is 13.0 Å². The van der Waals surface area contributed by atoms with Crippen LogP contribution in [0.15, 0.2) is 77.7 Å². The molecule has 182 valence electrons. The predicted molar refractivity (Wildman–Crippen MR) is 134 cm³/mol. The van der Waals surface area contributed by atoms with Gasteiger partial charge in [-0.15, -0.1) is 0 Å². The molecule has 8 heteroatoms. The fourth-order valence-corrected chi connectivity index (χ4v) is 5.56. The lowest BCUT2D eigenvalue weighted by Gasteiger charge is -2.21. The van der Waals surface area contributed by atoms with Gasteiger partial charge in [0.05, 0.1) is 22.6 Å². The highest BCUT2D eigenvalue weighted by Gasteiger charge is 2.29. The summed E-state index contributed by atoms with van der Waals surface area (Å²) in [4.78, 5) is 27.1. The molecule has 1 N–H and O–H groups in total. The van der Waals surface area contributed by atoms with Crippen LogP contribution in [-0.2, 0) is 21.1 Å². The average Bonchev–Trinajstić information content (AvgIpc) is 3.64. The van der Waals surface area contributed by atoms with Gasteiger partial charge in [0.25, 0.3) is 5.91 Å². The zero-order chi connectivity index (χ0) is 25.0. The Morgan fingerprint density at radius 1 is 1.00 bits per heavy atom. The van der Waals surface area contributed by atoms with Crippen molar-refractivity contribution in [3.63, 3.8) is 0 Å². The molecule has 0 atom stereocenters. The van der Waals surface area contributed by atoms with Gasteiger partial charge in [-0.3, -0.25) is 9.59 Å². The zero-order valence-corrected chi connectivity index (χ0v) is 20.2. The molecule has 1 aliphatic carbocycles. The van der Waals surface area contributed by atoms with E-state index in [2.05, 4.69) is 5.32 Å². The Kier molecular flexibility index (Phi) is 7.31. The lowest BCUT2D eigenvalue weighted by atomic mass is 10.1. The van der Waals surface area contributed by atoms with Crippen LogP contribution in [0, 0.1) is 11.7 Å². The molecular weight excluding hydrogens is 467 g/mol. The number of para-hydroxylation sites is 1. The second kappa shape index (κ2) is 10.4. The third-order valence-electron chi connectivity index (χ3n) is 5.91. The maximum absolute atomic E-state index is 14.8. The molecule has 0 aromatic heterocycles. The Morgan fingerprint density at radius 2 is 1.69 bits per heavy atom. The number of nitrogens with one attached hydrogen (secondary N) is 1. The van der Waals surface area contributed by atoms with E-state index < -0.39 is 21.6 Å². The van der Waals surface area contributed by atoms with Crippen molar-refractivity contribution < 1.29 is 22.4 Å². The molecule has 6 nitrogen and oxygen atoms in total. The Morgan fingerprint density at radius 3 is 2.29 bits per heavy atom. The summed E-state index contributed by atoms with van der Waals surface area (Å²) < 4.78 is 39.5. The number of halogens is 1. The summed E-state index contributed by atoms with van der Waals surface area (Å²) >= 11 is 0. The van der Waals surface area contributed by atoms with Crippen molar-refractivity contribution in [3.05, 3.63) is 89.7 Å². The Bertz CT molecular complexity index is 1320. The number of rotatable bonds is 9. The smallest absolute Gasteiger partial charge is 0.261 e. The number of anilines is 2. The van der Waals surface area contributed by atoms with E-state index in [-0.39, 0.29) is 40.1 Å². The minimum atomic E-state index is -3.31. The van der Waals surface area contributed by atoms with Gasteiger partial charge in [-0.2, -0.15) is 0 Å². The van der Waals surface area contributed by atoms with Crippen LogP contribution >= 0.6 is 0 Å². The molecule has 2 amide bonds. The second-order valence-electron chi connectivity index (χ2n) is 8.67. The number of hydrogen-bond acceptors (Lipinski definition) is 4. The van der Waals surface area contributed by atoms with Crippen LogP contribution in [0.5, 0.6) is 0 Å². The largest absolute Gasteiger partial charge is 0.326 e. The maximum Gasteiger partial charge on any atom is 0.261 e. The Hall–Kier alpha value is -3.52. The normalized spacial score (nSPS) is 13.3. The summed E-state index contributed by atoms with van der Waals surface area (Å²) in [5, 5.41) is 2.63. The summed E-state index contributed by atoms with van der Waals surface area (Å²) in [6.07, 6.45) is 1.91. The van der Waals surface area contributed by atoms with Crippen molar-refractivity contribution in [2.45, 2.75) is 31.1 Å². The highest BCUT2D eigenvalue weighted by molar-refractivity contribution is 7.91. The minimum absolute atomic E-state index is 0.00285. The molecule has 0 saturated heterocycles. The van der Waals surface area contributed by atoms with E-state index in [0.29, 0.717) is 17.8 Å². The topological polar surface area (TPSA) is 83.6 Å². The molecule has 3 aromatic carbocycles. The van der Waals surface area contributed by atoms with Gasteiger partial charge in [0.1, 0.15) is 5.82 Å². The van der Waals surface area contributed by atoms with Crippen LogP contribution in [0.3, 0.4) is 0 Å². The molecule has 0 heterocycles. The predicted octanol–water partition coefficient (Wildman–Crippen LogP) is 4.86. The first-order valence-electron chi connectivity index (χ1n) is 11.5. The maximum atomic E-state index is 14.8. The van der Waals surface area contributed by atoms with Crippen molar-refractivity contribution >= 4 is 33.0 Å². The number of benzene rings is 3. The van der Waals surface area contributed by atoms with E-state index in [9.17, 15) is 22.4 Å². The molecule has 35 heavy (non-hydrogen) atoms. The van der Waals surface area contributed by atoms with Crippen LogP contribution < -0.4 is 10.2 Å². The van der Waals surface area contributed by atoms with Gasteiger partial charge in [-0.05, 0) is 73.7 Å². The van der Waals surface area contributed by atoms with Crippen LogP contribution in [0.25, 0.3) is 0 Å². The van der Waals surface area contributed by atoms with Crippen LogP contribution in [0.2, 0.25) is 0 Å². The van der Waals surface area contributed by atoms with E-state index in [4.69, 9.17) is 0 Å². The summed E-state index contributed by atoms with van der Waals surface area (Å²) in [6.45, 7) is 2.19. The quantitative estimate of drug-likeness (QED) is 0.461. The molecule has 1 saturated carbocycles. The first-order chi connectivity index (χ1) is 16.8. The highest BCUT2D eigenvalue weighted by atomic mass is 32.2. The number of nitrogens with zero attached hydrogens (tertiary/aromatic N) is 1. The third kappa shape index (κ3) is 6.14. The zero-order valence-electron chi connectivity index (χ0n) is 19.4. The van der Waals surface area contributed by atoms with E-state index in [1.165, 1.54) is 29.2 Å². The molecular formula is C27H27FN2O4S. The van der Waals surface area contributed by atoms with Crippen molar-refractivity contribution in [2.24, 2.45) is 5.92 Å². The molecule has 1 fully saturated rings. The third-order valence-corrected chi connectivity index (χ3v) is 7.81. The number of carbonyl (C=O) groups is 2. The molecule has 0 bridgehead atoms. The molecule has 0 spiro atoms. The molecule has 0 unspecified atom stereocenters. The summed E-state index contributed by atoms with van der Waals surface area (Å²) in [7, 11) is -3.31. The van der Waals surface area contributed by atoms with Crippen molar-refractivity contribution in [3.8, 4) is 0 Å². The average molecular weight is 495 g/mol. The summed E-state index contributed by atoms with van der Waals surface area (Å²) in [6, 6.07) is 19.3. The first kappa shape index (κ1) is 24.6. The molecule has 4 rings (SSSR count). The number of sulfone groups is 1. The van der Waals surface area contributed by atoms with E-state index >= 15 is 0 Å². The SMILES string of the molecule is CCN(C(=O)c1ccc(NC(=O)Cc2ccc(S(=O)(=O)CC3CC3)cc2)cc1F)c1ccccc1. The van der Waals surface area contributed by atoms with Gasteiger partial charge in [-0.25, -0.2) is 12.8 Å². The number of amides is 2. The minimum Gasteiger partial charge on any atom is -0.326 e. The number of carbonyl (C=O) groups excluding carboxylic acids is 2. The lowest BCUT2D eigenvalue weighted by molar-refractivity contribution is -0.115.